The minimum Gasteiger partial charge on any atom is -0.508 e. The van der Waals surface area contributed by atoms with Gasteiger partial charge >= 0.3 is 5.97 Å². The SMILES string of the molecule is O=C(O)CNCc1ccc(O)cc1O. The fraction of sp³-hybridized carbons (Fsp3) is 0.222. The number of carbonyl (C=O) groups is 1. The van der Waals surface area contributed by atoms with Crippen molar-refractivity contribution in [2.24, 2.45) is 0 Å². The maximum atomic E-state index is 10.2. The van der Waals surface area contributed by atoms with Gasteiger partial charge in [-0.2, -0.15) is 0 Å². The molecule has 0 fully saturated rings. The van der Waals surface area contributed by atoms with E-state index in [1.54, 1.807) is 0 Å². The number of hydrogen-bond donors (Lipinski definition) is 4. The molecule has 0 aliphatic carbocycles. The minimum absolute atomic E-state index is 0.0236. The summed E-state index contributed by atoms with van der Waals surface area (Å²) in [5, 5.41) is 29.2. The summed E-state index contributed by atoms with van der Waals surface area (Å²) in [6.07, 6.45) is 0. The molecule has 1 aromatic rings. The molecule has 0 aliphatic rings. The largest absolute Gasteiger partial charge is 0.508 e. The van der Waals surface area contributed by atoms with Gasteiger partial charge in [-0.3, -0.25) is 4.79 Å². The number of aliphatic carboxylic acids is 1. The third-order valence-corrected chi connectivity index (χ3v) is 1.66. The zero-order valence-corrected chi connectivity index (χ0v) is 7.40. The van der Waals surface area contributed by atoms with Crippen molar-refractivity contribution >= 4 is 5.97 Å². The second-order valence-electron chi connectivity index (χ2n) is 2.81. The molecule has 0 radical (unpaired) electrons. The Bertz CT molecular complexity index is 338. The van der Waals surface area contributed by atoms with Crippen LogP contribution in [0.15, 0.2) is 18.2 Å². The van der Waals surface area contributed by atoms with Crippen molar-refractivity contribution in [3.05, 3.63) is 23.8 Å². The van der Waals surface area contributed by atoms with Crippen LogP contribution in [-0.2, 0) is 11.3 Å². The Balaban J connectivity index is 2.55. The van der Waals surface area contributed by atoms with E-state index in [1.165, 1.54) is 18.2 Å². The minimum atomic E-state index is -0.955. The van der Waals surface area contributed by atoms with E-state index in [0.29, 0.717) is 5.56 Å². The van der Waals surface area contributed by atoms with Crippen LogP contribution in [-0.4, -0.2) is 27.8 Å². The Labute approximate surface area is 80.6 Å². The van der Waals surface area contributed by atoms with Gasteiger partial charge < -0.3 is 20.6 Å². The Morgan fingerprint density at radius 3 is 2.64 bits per heavy atom. The van der Waals surface area contributed by atoms with Crippen molar-refractivity contribution < 1.29 is 20.1 Å². The van der Waals surface area contributed by atoms with Crippen LogP contribution in [0.25, 0.3) is 0 Å². The summed E-state index contributed by atoms with van der Waals surface area (Å²) in [5.41, 5.74) is 0.545. The summed E-state index contributed by atoms with van der Waals surface area (Å²) in [6.45, 7) is 0.0821. The van der Waals surface area contributed by atoms with Gasteiger partial charge in [0, 0.05) is 18.2 Å². The summed E-state index contributed by atoms with van der Waals surface area (Å²) >= 11 is 0. The molecule has 76 valence electrons. The molecule has 5 nitrogen and oxygen atoms in total. The third-order valence-electron chi connectivity index (χ3n) is 1.66. The zero-order valence-electron chi connectivity index (χ0n) is 7.40. The van der Waals surface area contributed by atoms with Crippen LogP contribution in [0.4, 0.5) is 0 Å². The molecular weight excluding hydrogens is 186 g/mol. The number of hydrogen-bond acceptors (Lipinski definition) is 4. The highest BCUT2D eigenvalue weighted by Gasteiger charge is 2.02. The van der Waals surface area contributed by atoms with Crippen LogP contribution in [0.1, 0.15) is 5.56 Å². The number of carboxylic acids is 1. The van der Waals surface area contributed by atoms with Crippen molar-refractivity contribution in [2.75, 3.05) is 6.54 Å². The van der Waals surface area contributed by atoms with E-state index in [0.717, 1.165) is 0 Å². The quantitative estimate of drug-likeness (QED) is 0.556. The van der Waals surface area contributed by atoms with Crippen molar-refractivity contribution in [3.63, 3.8) is 0 Å². The topological polar surface area (TPSA) is 89.8 Å². The van der Waals surface area contributed by atoms with Crippen LogP contribution in [0, 0.1) is 0 Å². The summed E-state index contributed by atoms with van der Waals surface area (Å²) in [6, 6.07) is 4.16. The second-order valence-corrected chi connectivity index (χ2v) is 2.81. The van der Waals surface area contributed by atoms with Crippen molar-refractivity contribution in [3.8, 4) is 11.5 Å². The molecule has 1 rings (SSSR count). The monoisotopic (exact) mass is 197 g/mol. The van der Waals surface area contributed by atoms with Crippen LogP contribution < -0.4 is 5.32 Å². The van der Waals surface area contributed by atoms with E-state index in [1.807, 2.05) is 0 Å². The van der Waals surface area contributed by atoms with Gasteiger partial charge in [-0.15, -0.1) is 0 Å². The van der Waals surface area contributed by atoms with E-state index in [9.17, 15) is 9.90 Å². The standard InChI is InChI=1S/C9H11NO4/c11-7-2-1-6(8(12)3-7)4-10-5-9(13)14/h1-3,10-12H,4-5H2,(H,13,14). The van der Waals surface area contributed by atoms with Gasteiger partial charge in [-0.05, 0) is 6.07 Å². The average Bonchev–Trinajstić information content (AvgIpc) is 2.08. The highest BCUT2D eigenvalue weighted by molar-refractivity contribution is 5.69. The van der Waals surface area contributed by atoms with Crippen molar-refractivity contribution in [2.45, 2.75) is 6.54 Å². The first-order chi connectivity index (χ1) is 6.59. The molecule has 0 saturated heterocycles. The zero-order chi connectivity index (χ0) is 10.6. The lowest BCUT2D eigenvalue weighted by atomic mass is 10.2. The third kappa shape index (κ3) is 2.95. The van der Waals surface area contributed by atoms with Crippen molar-refractivity contribution in [1.82, 2.24) is 5.32 Å². The molecule has 4 N–H and O–H groups in total. The van der Waals surface area contributed by atoms with Crippen LogP contribution in [0.2, 0.25) is 0 Å². The molecule has 0 aromatic heterocycles. The number of phenolic OH excluding ortho intramolecular Hbond substituents is 2. The first-order valence-electron chi connectivity index (χ1n) is 4.03. The van der Waals surface area contributed by atoms with E-state index in [-0.39, 0.29) is 24.6 Å². The number of nitrogens with one attached hydrogen (secondary N) is 1. The summed E-state index contributed by atoms with van der Waals surface area (Å²) in [7, 11) is 0. The number of aromatic hydroxyl groups is 2. The molecule has 0 aliphatic heterocycles. The van der Waals surface area contributed by atoms with Crippen LogP contribution >= 0.6 is 0 Å². The highest BCUT2D eigenvalue weighted by Crippen LogP contribution is 2.21. The van der Waals surface area contributed by atoms with E-state index < -0.39 is 5.97 Å². The van der Waals surface area contributed by atoms with Gasteiger partial charge in [-0.25, -0.2) is 0 Å². The van der Waals surface area contributed by atoms with Gasteiger partial charge in [0.05, 0.1) is 6.54 Å². The maximum absolute atomic E-state index is 10.2. The number of phenols is 2. The van der Waals surface area contributed by atoms with Crippen LogP contribution in [0.3, 0.4) is 0 Å². The normalized spacial score (nSPS) is 10.0. The molecule has 0 atom stereocenters. The van der Waals surface area contributed by atoms with Gasteiger partial charge in [0.2, 0.25) is 0 Å². The van der Waals surface area contributed by atoms with E-state index in [2.05, 4.69) is 5.32 Å². The first-order valence-corrected chi connectivity index (χ1v) is 4.03. The lowest BCUT2D eigenvalue weighted by Gasteiger charge is -2.04. The smallest absolute Gasteiger partial charge is 0.317 e. The molecule has 5 heteroatoms. The molecule has 14 heavy (non-hydrogen) atoms. The van der Waals surface area contributed by atoms with Gasteiger partial charge in [0.25, 0.3) is 0 Å². The summed E-state index contributed by atoms with van der Waals surface area (Å²) in [4.78, 5) is 10.2. The molecule has 0 amide bonds. The van der Waals surface area contributed by atoms with E-state index in [4.69, 9.17) is 10.2 Å². The molecule has 0 unspecified atom stereocenters. The Hall–Kier alpha value is -1.75. The van der Waals surface area contributed by atoms with Crippen LogP contribution in [0.5, 0.6) is 11.5 Å². The van der Waals surface area contributed by atoms with Gasteiger partial charge in [-0.1, -0.05) is 6.07 Å². The average molecular weight is 197 g/mol. The Morgan fingerprint density at radius 2 is 2.07 bits per heavy atom. The fourth-order valence-electron chi connectivity index (χ4n) is 1.01. The second kappa shape index (κ2) is 4.48. The molecule has 1 aromatic carbocycles. The molecule has 0 bridgehead atoms. The molecule has 0 heterocycles. The van der Waals surface area contributed by atoms with E-state index >= 15 is 0 Å². The summed E-state index contributed by atoms with van der Waals surface area (Å²) in [5.74, 6) is -1.03. The highest BCUT2D eigenvalue weighted by atomic mass is 16.4. The molecule has 0 saturated carbocycles. The lowest BCUT2D eigenvalue weighted by molar-refractivity contribution is -0.136. The Morgan fingerprint density at radius 1 is 1.36 bits per heavy atom. The van der Waals surface area contributed by atoms with Crippen molar-refractivity contribution in [1.29, 1.82) is 0 Å². The number of benzene rings is 1. The fourth-order valence-corrected chi connectivity index (χ4v) is 1.01. The number of rotatable bonds is 4. The summed E-state index contributed by atoms with van der Waals surface area (Å²) < 4.78 is 0. The maximum Gasteiger partial charge on any atom is 0.317 e. The number of carboxylic acid groups (broad SMARTS) is 1. The predicted molar refractivity (Wildman–Crippen MR) is 49.1 cm³/mol. The van der Waals surface area contributed by atoms with Gasteiger partial charge in [0.1, 0.15) is 11.5 Å². The lowest BCUT2D eigenvalue weighted by Crippen LogP contribution is -2.21. The Kier molecular flexibility index (Phi) is 3.30. The molecule has 0 spiro atoms. The first kappa shape index (κ1) is 10.3. The predicted octanol–water partition coefficient (Wildman–Crippen LogP) is 0.272. The van der Waals surface area contributed by atoms with Gasteiger partial charge in [0.15, 0.2) is 0 Å². The molecular formula is C9H11NO4.